The highest BCUT2D eigenvalue weighted by atomic mass is 16.5. The Morgan fingerprint density at radius 1 is 1.27 bits per heavy atom. The Hall–Kier alpha value is -3.62. The molecular formula is C21H24N6O3. The smallest absolute Gasteiger partial charge is 0.264 e. The summed E-state index contributed by atoms with van der Waals surface area (Å²) in [5, 5.41) is 8.50. The number of hydrogen-bond acceptors (Lipinski definition) is 5. The second-order valence-electron chi connectivity index (χ2n) is 7.50. The Morgan fingerprint density at radius 3 is 2.83 bits per heavy atom. The van der Waals surface area contributed by atoms with Crippen molar-refractivity contribution < 1.29 is 9.53 Å². The number of methoxy groups -OCH3 is 1. The van der Waals surface area contributed by atoms with Crippen molar-refractivity contribution in [2.75, 3.05) is 7.11 Å². The zero-order chi connectivity index (χ0) is 21.4. The number of amides is 1. The summed E-state index contributed by atoms with van der Waals surface area (Å²) in [6.07, 6.45) is 5.58. The van der Waals surface area contributed by atoms with Crippen LogP contribution in [0.1, 0.15) is 12.5 Å². The normalized spacial score (nSPS) is 12.4. The van der Waals surface area contributed by atoms with Crippen LogP contribution in [0.15, 0.2) is 41.7 Å². The van der Waals surface area contributed by atoms with E-state index < -0.39 is 0 Å². The van der Waals surface area contributed by atoms with Crippen molar-refractivity contribution in [1.82, 2.24) is 29.2 Å². The lowest BCUT2D eigenvalue weighted by molar-refractivity contribution is -0.122. The van der Waals surface area contributed by atoms with Gasteiger partial charge in [-0.1, -0.05) is 0 Å². The number of nitrogens with one attached hydrogen (secondary N) is 1. The predicted molar refractivity (Wildman–Crippen MR) is 114 cm³/mol. The van der Waals surface area contributed by atoms with Gasteiger partial charge in [0.1, 0.15) is 24.0 Å². The number of aryl methyl sites for hydroxylation is 2. The number of carbonyl (C=O) groups is 1. The highest BCUT2D eigenvalue weighted by Gasteiger charge is 2.15. The van der Waals surface area contributed by atoms with Crippen molar-refractivity contribution in [2.24, 2.45) is 14.1 Å². The molecule has 0 aliphatic carbocycles. The van der Waals surface area contributed by atoms with Crippen LogP contribution in [0.4, 0.5) is 0 Å². The maximum Gasteiger partial charge on any atom is 0.264 e. The highest BCUT2D eigenvalue weighted by Crippen LogP contribution is 2.26. The second-order valence-corrected chi connectivity index (χ2v) is 7.50. The Bertz CT molecular complexity index is 1300. The van der Waals surface area contributed by atoms with Crippen LogP contribution in [0.5, 0.6) is 5.75 Å². The molecule has 0 fully saturated rings. The zero-order valence-corrected chi connectivity index (χ0v) is 17.4. The molecule has 3 heterocycles. The Labute approximate surface area is 172 Å². The van der Waals surface area contributed by atoms with E-state index in [-0.39, 0.29) is 24.1 Å². The first-order chi connectivity index (χ1) is 14.4. The van der Waals surface area contributed by atoms with Crippen LogP contribution >= 0.6 is 0 Å². The lowest BCUT2D eigenvalue weighted by Gasteiger charge is -2.14. The molecule has 1 atom stereocenters. The lowest BCUT2D eigenvalue weighted by Crippen LogP contribution is -2.38. The number of rotatable bonds is 6. The van der Waals surface area contributed by atoms with E-state index in [9.17, 15) is 9.59 Å². The molecule has 9 nitrogen and oxygen atoms in total. The Balaban J connectivity index is 1.47. The quantitative estimate of drug-likeness (QED) is 0.520. The standard InChI is InChI=1S/C21H24N6O3/c1-13(7-14-10-25(2)18-6-5-15(30-4)8-16(14)18)24-19(28)11-27-12-22-20-17(21(27)29)9-23-26(20)3/h5-6,8-10,12-13H,7,11H2,1-4H3,(H,24,28)/t13-/m0/s1. The van der Waals surface area contributed by atoms with Crippen LogP contribution in [-0.4, -0.2) is 43.0 Å². The maximum atomic E-state index is 12.5. The number of hydrogen-bond donors (Lipinski definition) is 1. The van der Waals surface area contributed by atoms with Gasteiger partial charge in [-0.15, -0.1) is 0 Å². The molecule has 0 aliphatic rings. The van der Waals surface area contributed by atoms with Crippen molar-refractivity contribution >= 4 is 27.8 Å². The van der Waals surface area contributed by atoms with Gasteiger partial charge < -0.3 is 14.6 Å². The first-order valence-corrected chi connectivity index (χ1v) is 9.66. The molecule has 0 saturated carbocycles. The topological polar surface area (TPSA) is 96.0 Å². The van der Waals surface area contributed by atoms with Crippen molar-refractivity contribution in [3.05, 3.63) is 52.8 Å². The molecule has 9 heteroatoms. The molecule has 4 aromatic rings. The van der Waals surface area contributed by atoms with Gasteiger partial charge in [0.25, 0.3) is 5.56 Å². The molecule has 4 rings (SSSR count). The fourth-order valence-electron chi connectivity index (χ4n) is 3.78. The molecule has 0 aliphatic heterocycles. The summed E-state index contributed by atoms with van der Waals surface area (Å²) in [7, 11) is 5.36. The van der Waals surface area contributed by atoms with Gasteiger partial charge in [-0.2, -0.15) is 5.10 Å². The third kappa shape index (κ3) is 3.54. The third-order valence-electron chi connectivity index (χ3n) is 5.24. The molecule has 0 saturated heterocycles. The minimum atomic E-state index is -0.281. The summed E-state index contributed by atoms with van der Waals surface area (Å²) < 4.78 is 10.2. The molecule has 0 radical (unpaired) electrons. The summed E-state index contributed by atoms with van der Waals surface area (Å²) in [4.78, 5) is 29.3. The monoisotopic (exact) mass is 408 g/mol. The second kappa shape index (κ2) is 7.66. The summed E-state index contributed by atoms with van der Waals surface area (Å²) in [6, 6.07) is 5.85. The molecule has 1 aromatic carbocycles. The Morgan fingerprint density at radius 2 is 2.07 bits per heavy atom. The molecule has 30 heavy (non-hydrogen) atoms. The minimum absolute atomic E-state index is 0.0929. The van der Waals surface area contributed by atoms with Crippen LogP contribution in [0.3, 0.4) is 0 Å². The van der Waals surface area contributed by atoms with Crippen LogP contribution in [0, 0.1) is 0 Å². The van der Waals surface area contributed by atoms with Crippen LogP contribution < -0.4 is 15.6 Å². The number of fused-ring (bicyclic) bond motifs is 2. The maximum absolute atomic E-state index is 12.5. The van der Waals surface area contributed by atoms with E-state index in [2.05, 4.69) is 26.2 Å². The van der Waals surface area contributed by atoms with Gasteiger partial charge in [0, 0.05) is 37.2 Å². The number of nitrogens with zero attached hydrogens (tertiary/aromatic N) is 5. The third-order valence-corrected chi connectivity index (χ3v) is 5.24. The van der Waals surface area contributed by atoms with E-state index in [0.29, 0.717) is 17.5 Å². The molecule has 1 N–H and O–H groups in total. The molecule has 0 spiro atoms. The summed E-state index contributed by atoms with van der Waals surface area (Å²) in [5.74, 6) is 0.553. The van der Waals surface area contributed by atoms with Crippen LogP contribution in [0.2, 0.25) is 0 Å². The molecule has 3 aromatic heterocycles. The van der Waals surface area contributed by atoms with Gasteiger partial charge in [-0.25, -0.2) is 4.98 Å². The number of aromatic nitrogens is 5. The van der Waals surface area contributed by atoms with Crippen molar-refractivity contribution in [3.8, 4) is 5.75 Å². The van der Waals surface area contributed by atoms with Crippen molar-refractivity contribution in [1.29, 1.82) is 0 Å². The minimum Gasteiger partial charge on any atom is -0.497 e. The zero-order valence-electron chi connectivity index (χ0n) is 17.4. The largest absolute Gasteiger partial charge is 0.497 e. The number of benzene rings is 1. The van der Waals surface area contributed by atoms with E-state index in [1.807, 2.05) is 32.2 Å². The van der Waals surface area contributed by atoms with E-state index in [4.69, 9.17) is 4.74 Å². The molecule has 1 amide bonds. The summed E-state index contributed by atoms with van der Waals surface area (Å²) >= 11 is 0. The van der Waals surface area contributed by atoms with Gasteiger partial charge in [-0.3, -0.25) is 18.8 Å². The van der Waals surface area contributed by atoms with Crippen molar-refractivity contribution in [3.63, 3.8) is 0 Å². The summed E-state index contributed by atoms with van der Waals surface area (Å²) in [6.45, 7) is 1.85. The van der Waals surface area contributed by atoms with Gasteiger partial charge >= 0.3 is 0 Å². The SMILES string of the molecule is COc1ccc2c(c1)c(C[C@H](C)NC(=O)Cn1cnc3c(cnn3C)c1=O)cn2C. The molecular weight excluding hydrogens is 384 g/mol. The molecule has 0 bridgehead atoms. The van der Waals surface area contributed by atoms with E-state index in [1.165, 1.54) is 21.8 Å². The van der Waals surface area contributed by atoms with Gasteiger partial charge in [0.2, 0.25) is 5.91 Å². The fraction of sp³-hybridized carbons (Fsp3) is 0.333. The van der Waals surface area contributed by atoms with E-state index in [1.54, 1.807) is 14.2 Å². The first-order valence-electron chi connectivity index (χ1n) is 9.66. The average molecular weight is 408 g/mol. The van der Waals surface area contributed by atoms with E-state index in [0.717, 1.165) is 22.2 Å². The van der Waals surface area contributed by atoms with Gasteiger partial charge in [-0.05, 0) is 37.1 Å². The van der Waals surface area contributed by atoms with Gasteiger partial charge in [0.15, 0.2) is 5.65 Å². The predicted octanol–water partition coefficient (Wildman–Crippen LogP) is 1.38. The average Bonchev–Trinajstić information content (AvgIpc) is 3.24. The number of ether oxygens (including phenoxy) is 1. The van der Waals surface area contributed by atoms with Crippen molar-refractivity contribution in [2.45, 2.75) is 25.9 Å². The summed E-state index contributed by atoms with van der Waals surface area (Å²) in [5.41, 5.74) is 2.44. The highest BCUT2D eigenvalue weighted by molar-refractivity contribution is 5.85. The number of carbonyl (C=O) groups excluding carboxylic acids is 1. The molecule has 156 valence electrons. The van der Waals surface area contributed by atoms with Crippen LogP contribution in [0.25, 0.3) is 21.9 Å². The van der Waals surface area contributed by atoms with Crippen LogP contribution in [-0.2, 0) is 31.9 Å². The molecule has 0 unspecified atom stereocenters. The van der Waals surface area contributed by atoms with Gasteiger partial charge in [0.05, 0.1) is 13.3 Å². The fourth-order valence-corrected chi connectivity index (χ4v) is 3.78. The van der Waals surface area contributed by atoms with E-state index >= 15 is 0 Å². The Kier molecular flexibility index (Phi) is 5.03. The first kappa shape index (κ1) is 19.7. The lowest BCUT2D eigenvalue weighted by atomic mass is 10.1.